The Morgan fingerprint density at radius 1 is 1.30 bits per heavy atom. The number of fused-ring (bicyclic) bond motifs is 1. The maximum Gasteiger partial charge on any atom is 0.0647 e. The van der Waals surface area contributed by atoms with E-state index in [0.29, 0.717) is 0 Å². The Kier molecular flexibility index (Phi) is 1.07. The molecule has 0 unspecified atom stereocenters. The van der Waals surface area contributed by atoms with E-state index in [2.05, 4.69) is 12.2 Å². The second-order valence-corrected chi connectivity index (χ2v) is 2.55. The first-order valence-corrected chi connectivity index (χ1v) is 3.51. The lowest BCUT2D eigenvalue weighted by Gasteiger charge is -1.96. The highest BCUT2D eigenvalue weighted by Crippen LogP contribution is 1.93. The number of rotatable bonds is 0. The van der Waals surface area contributed by atoms with Gasteiger partial charge in [-0.3, -0.25) is 4.68 Å². The number of nitrogens with zero attached hydrogens (tertiary/aromatic N) is 1. The Morgan fingerprint density at radius 3 is 2.90 bits per heavy atom. The van der Waals surface area contributed by atoms with Crippen LogP contribution in [0.5, 0.6) is 0 Å². The van der Waals surface area contributed by atoms with Crippen LogP contribution in [0, 0.1) is 0 Å². The zero-order valence-electron chi connectivity index (χ0n) is 5.75. The minimum atomic E-state index is 1.12. The third kappa shape index (κ3) is 0.652. The normalized spacial score (nSPS) is 15.2. The lowest BCUT2D eigenvalue weighted by Crippen LogP contribution is -2.34. The van der Waals surface area contributed by atoms with Crippen molar-refractivity contribution in [2.24, 2.45) is 0 Å². The molecule has 52 valence electrons. The molecule has 2 N–H and O–H groups in total. The Hall–Kier alpha value is -1.18. The molecule has 1 aromatic rings. The van der Waals surface area contributed by atoms with Crippen LogP contribution in [-0.4, -0.2) is 4.68 Å². The van der Waals surface area contributed by atoms with Crippen LogP contribution in [0.2, 0.25) is 0 Å². The molecule has 1 aromatic heterocycles. The number of nitrogen functional groups attached to an aromatic ring is 1. The largest absolute Gasteiger partial charge is 0.339 e. The molecule has 1 aliphatic rings. The van der Waals surface area contributed by atoms with Gasteiger partial charge in [-0.05, 0) is 24.1 Å². The van der Waals surface area contributed by atoms with E-state index in [1.54, 1.807) is 4.68 Å². The molecule has 0 saturated heterocycles. The van der Waals surface area contributed by atoms with Gasteiger partial charge in [0, 0.05) is 6.20 Å². The van der Waals surface area contributed by atoms with Gasteiger partial charge in [0.2, 0.25) is 0 Å². The van der Waals surface area contributed by atoms with Crippen molar-refractivity contribution in [1.29, 1.82) is 0 Å². The van der Waals surface area contributed by atoms with E-state index < -0.39 is 0 Å². The van der Waals surface area contributed by atoms with Crippen LogP contribution in [0.25, 0.3) is 12.2 Å². The summed E-state index contributed by atoms with van der Waals surface area (Å²) in [7, 11) is 0. The van der Waals surface area contributed by atoms with E-state index in [4.69, 9.17) is 5.84 Å². The van der Waals surface area contributed by atoms with E-state index in [1.165, 1.54) is 5.22 Å². The van der Waals surface area contributed by atoms with Gasteiger partial charge in [0.25, 0.3) is 0 Å². The molecule has 2 heteroatoms. The molecule has 0 saturated carbocycles. The number of nitrogens with two attached hydrogens (primary N) is 1. The predicted molar refractivity (Wildman–Crippen MR) is 42.0 cm³/mol. The quantitative estimate of drug-likeness (QED) is 0.479. The molecule has 0 spiro atoms. The molecule has 0 bridgehead atoms. The summed E-state index contributed by atoms with van der Waals surface area (Å²) in [6.07, 6.45) is 8.56. The monoisotopic (exact) mass is 134 g/mol. The van der Waals surface area contributed by atoms with Crippen LogP contribution >= 0.6 is 0 Å². The lowest BCUT2D eigenvalue weighted by atomic mass is 10.2. The standard InChI is InChI=1S/C8H10N2/c9-10-6-5-7-3-1-2-4-8(7)10/h3-6H,1-2,9H2. The molecule has 0 atom stereocenters. The van der Waals surface area contributed by atoms with E-state index in [0.717, 1.165) is 18.2 Å². The second kappa shape index (κ2) is 1.90. The van der Waals surface area contributed by atoms with Crippen molar-refractivity contribution < 1.29 is 0 Å². The Bertz CT molecular complexity index is 346. The molecule has 0 fully saturated rings. The van der Waals surface area contributed by atoms with Gasteiger partial charge >= 0.3 is 0 Å². The molecular formula is C8H10N2. The zero-order chi connectivity index (χ0) is 6.97. The second-order valence-electron chi connectivity index (χ2n) is 2.55. The van der Waals surface area contributed by atoms with Gasteiger partial charge < -0.3 is 5.84 Å². The topological polar surface area (TPSA) is 30.9 Å². The molecule has 0 amide bonds. The summed E-state index contributed by atoms with van der Waals surface area (Å²) < 4.78 is 1.67. The Balaban J connectivity index is 2.89. The van der Waals surface area contributed by atoms with Crippen molar-refractivity contribution in [2.45, 2.75) is 12.8 Å². The van der Waals surface area contributed by atoms with Crippen molar-refractivity contribution >= 4 is 12.2 Å². The first-order chi connectivity index (χ1) is 4.88. The SMILES string of the molecule is Nn1ccc2c1=CCCC=2. The third-order valence-electron chi connectivity index (χ3n) is 1.86. The van der Waals surface area contributed by atoms with Gasteiger partial charge in [0.15, 0.2) is 0 Å². The fourth-order valence-electron chi connectivity index (χ4n) is 1.33. The lowest BCUT2D eigenvalue weighted by molar-refractivity contribution is 0.952. The molecule has 0 aromatic carbocycles. The van der Waals surface area contributed by atoms with Crippen molar-refractivity contribution in [3.63, 3.8) is 0 Å². The zero-order valence-corrected chi connectivity index (χ0v) is 5.75. The first-order valence-electron chi connectivity index (χ1n) is 3.51. The molecule has 1 heterocycles. The van der Waals surface area contributed by atoms with E-state index in [-0.39, 0.29) is 0 Å². The average molecular weight is 134 g/mol. The van der Waals surface area contributed by atoms with Crippen LogP contribution in [0.1, 0.15) is 12.8 Å². The van der Waals surface area contributed by atoms with Crippen LogP contribution in [0.3, 0.4) is 0 Å². The maximum absolute atomic E-state index is 5.63. The third-order valence-corrected chi connectivity index (χ3v) is 1.86. The number of aromatic nitrogens is 1. The van der Waals surface area contributed by atoms with Crippen LogP contribution in [0.15, 0.2) is 12.3 Å². The first kappa shape index (κ1) is 5.59. The van der Waals surface area contributed by atoms with Crippen molar-refractivity contribution in [1.82, 2.24) is 4.68 Å². The van der Waals surface area contributed by atoms with Crippen LogP contribution in [-0.2, 0) is 0 Å². The van der Waals surface area contributed by atoms with Gasteiger partial charge in [-0.2, -0.15) is 0 Å². The van der Waals surface area contributed by atoms with Gasteiger partial charge in [0.05, 0.1) is 5.35 Å². The van der Waals surface area contributed by atoms with Gasteiger partial charge in [-0.25, -0.2) is 0 Å². The average Bonchev–Trinajstić information content (AvgIpc) is 2.34. The summed E-state index contributed by atoms with van der Waals surface area (Å²) >= 11 is 0. The summed E-state index contributed by atoms with van der Waals surface area (Å²) in [5, 5.41) is 2.43. The van der Waals surface area contributed by atoms with Crippen LogP contribution in [0.4, 0.5) is 0 Å². The van der Waals surface area contributed by atoms with Crippen molar-refractivity contribution in [3.8, 4) is 0 Å². The molecule has 1 aliphatic carbocycles. The van der Waals surface area contributed by atoms with Crippen molar-refractivity contribution in [3.05, 3.63) is 22.8 Å². The number of hydrogen-bond donors (Lipinski definition) is 1. The summed E-state index contributed by atoms with van der Waals surface area (Å²) in [5.74, 6) is 5.63. The fourth-order valence-corrected chi connectivity index (χ4v) is 1.33. The molecule has 0 aliphatic heterocycles. The van der Waals surface area contributed by atoms with Gasteiger partial charge in [0.1, 0.15) is 0 Å². The van der Waals surface area contributed by atoms with Gasteiger partial charge in [-0.1, -0.05) is 12.2 Å². The van der Waals surface area contributed by atoms with Crippen LogP contribution < -0.4 is 16.4 Å². The van der Waals surface area contributed by atoms with E-state index in [9.17, 15) is 0 Å². The highest BCUT2D eigenvalue weighted by atomic mass is 15.3. The van der Waals surface area contributed by atoms with E-state index >= 15 is 0 Å². The molecule has 10 heavy (non-hydrogen) atoms. The summed E-state index contributed by atoms with van der Waals surface area (Å²) in [6, 6.07) is 2.05. The number of hydrogen-bond acceptors (Lipinski definition) is 1. The molecule has 2 nitrogen and oxygen atoms in total. The predicted octanol–water partition coefficient (Wildman–Crippen LogP) is -0.443. The fraction of sp³-hybridized carbons (Fsp3) is 0.250. The highest BCUT2D eigenvalue weighted by molar-refractivity contribution is 5.36. The van der Waals surface area contributed by atoms with Gasteiger partial charge in [-0.15, -0.1) is 0 Å². The smallest absolute Gasteiger partial charge is 0.0647 e. The summed E-state index contributed by atoms with van der Waals surface area (Å²) in [5.41, 5.74) is 0. The highest BCUT2D eigenvalue weighted by Gasteiger charge is 1.94. The van der Waals surface area contributed by atoms with E-state index in [1.807, 2.05) is 12.3 Å². The Morgan fingerprint density at radius 2 is 2.10 bits per heavy atom. The summed E-state index contributed by atoms with van der Waals surface area (Å²) in [4.78, 5) is 0. The van der Waals surface area contributed by atoms with Crippen molar-refractivity contribution in [2.75, 3.05) is 5.84 Å². The molecule has 2 rings (SSSR count). The Labute approximate surface area is 59.2 Å². The minimum Gasteiger partial charge on any atom is -0.339 e. The summed E-state index contributed by atoms with van der Waals surface area (Å²) in [6.45, 7) is 0. The maximum atomic E-state index is 5.63. The molecule has 0 radical (unpaired) electrons. The minimum absolute atomic E-state index is 1.12. The molecular weight excluding hydrogens is 124 g/mol.